The zero-order chi connectivity index (χ0) is 26.8. The summed E-state index contributed by atoms with van der Waals surface area (Å²) < 4.78 is 28.1. The Hall–Kier alpha value is -2.54. The first-order chi connectivity index (χ1) is 18.3. The Morgan fingerprint density at radius 3 is 1.82 bits per heavy atom. The minimum absolute atomic E-state index is 0.146. The van der Waals surface area contributed by atoms with Gasteiger partial charge in [0.05, 0.1) is 6.10 Å². The number of hydrogen-bond acceptors (Lipinski definition) is 3. The summed E-state index contributed by atoms with van der Waals surface area (Å²) in [5.74, 6) is -0.756. The van der Waals surface area contributed by atoms with Crippen LogP contribution in [0.15, 0.2) is 115 Å². The zero-order valence-electron chi connectivity index (χ0n) is 22.5. The van der Waals surface area contributed by atoms with Crippen LogP contribution in [0.3, 0.4) is 0 Å². The summed E-state index contributed by atoms with van der Waals surface area (Å²) in [6, 6.07) is 39.5. The highest BCUT2D eigenvalue weighted by Crippen LogP contribution is 2.52. The summed E-state index contributed by atoms with van der Waals surface area (Å²) in [6.45, 7) is 8.27. The molecule has 1 aliphatic rings. The van der Waals surface area contributed by atoms with Crippen molar-refractivity contribution < 1.29 is 14.0 Å². The Labute approximate surface area is 228 Å². The van der Waals surface area contributed by atoms with Crippen LogP contribution in [-0.2, 0) is 14.0 Å². The molecular weight excluding hydrogens is 506 g/mol. The van der Waals surface area contributed by atoms with Gasteiger partial charge >= 0.3 is 0 Å². The third kappa shape index (κ3) is 5.31. The molecule has 4 unspecified atom stereocenters. The second-order valence-corrected chi connectivity index (χ2v) is 16.0. The van der Waals surface area contributed by atoms with Crippen LogP contribution in [-0.4, -0.2) is 23.7 Å². The fourth-order valence-corrected chi connectivity index (χ4v) is 10.9. The van der Waals surface area contributed by atoms with Gasteiger partial charge in [0.2, 0.25) is 0 Å². The van der Waals surface area contributed by atoms with Gasteiger partial charge < -0.3 is 14.0 Å². The molecule has 5 rings (SSSR count). The van der Waals surface area contributed by atoms with Crippen molar-refractivity contribution in [3.8, 4) is 0 Å². The van der Waals surface area contributed by atoms with Gasteiger partial charge in [-0.25, -0.2) is 0 Å². The largest absolute Gasteiger partial charge is 0.344 e. The molecule has 4 aromatic rings. The zero-order valence-corrected chi connectivity index (χ0v) is 24.3. The molecular formula is C33H36O3P2. The van der Waals surface area contributed by atoms with E-state index >= 15 is 0 Å². The van der Waals surface area contributed by atoms with E-state index in [1.807, 2.05) is 69.3 Å². The fraction of sp³-hybridized carbons (Fsp3) is 0.273. The Morgan fingerprint density at radius 2 is 1.26 bits per heavy atom. The van der Waals surface area contributed by atoms with E-state index in [1.54, 1.807) is 0 Å². The Morgan fingerprint density at radius 1 is 0.763 bits per heavy atom. The monoisotopic (exact) mass is 542 g/mol. The van der Waals surface area contributed by atoms with E-state index in [1.165, 1.54) is 10.6 Å². The van der Waals surface area contributed by atoms with Gasteiger partial charge in [-0.3, -0.25) is 0 Å². The molecule has 0 amide bonds. The van der Waals surface area contributed by atoms with E-state index in [0.29, 0.717) is 6.16 Å². The normalized spacial score (nSPS) is 21.2. The molecule has 0 aromatic heterocycles. The molecule has 0 aliphatic carbocycles. The fourth-order valence-electron chi connectivity index (χ4n) is 5.54. The van der Waals surface area contributed by atoms with Gasteiger partial charge in [-0.2, -0.15) is 0 Å². The van der Waals surface area contributed by atoms with Crippen LogP contribution < -0.4 is 21.2 Å². The third-order valence-corrected chi connectivity index (χ3v) is 13.4. The van der Waals surface area contributed by atoms with E-state index in [9.17, 15) is 4.57 Å². The van der Waals surface area contributed by atoms with Crippen molar-refractivity contribution >= 4 is 36.3 Å². The second-order valence-electron chi connectivity index (χ2n) is 10.3. The van der Waals surface area contributed by atoms with Gasteiger partial charge in [-0.15, -0.1) is 0 Å². The van der Waals surface area contributed by atoms with Gasteiger partial charge in [-0.05, 0) is 37.9 Å². The van der Waals surface area contributed by atoms with Crippen molar-refractivity contribution in [3.63, 3.8) is 0 Å². The molecule has 196 valence electrons. The molecule has 1 heterocycles. The van der Waals surface area contributed by atoms with Crippen molar-refractivity contribution in [2.45, 2.75) is 51.3 Å². The lowest BCUT2D eigenvalue weighted by atomic mass is 10.0. The predicted octanol–water partition coefficient (Wildman–Crippen LogP) is 6.73. The Kier molecular flexibility index (Phi) is 8.03. The summed E-state index contributed by atoms with van der Waals surface area (Å²) in [5, 5.41) is 4.38. The first-order valence-corrected chi connectivity index (χ1v) is 16.6. The number of rotatable bonds is 8. The maximum atomic E-state index is 14.7. The van der Waals surface area contributed by atoms with Crippen molar-refractivity contribution in [1.82, 2.24) is 0 Å². The van der Waals surface area contributed by atoms with E-state index in [0.717, 1.165) is 16.2 Å². The van der Waals surface area contributed by atoms with E-state index < -0.39 is 20.9 Å². The topological polar surface area (TPSA) is 35.5 Å². The highest BCUT2D eigenvalue weighted by Gasteiger charge is 2.48. The van der Waals surface area contributed by atoms with Crippen LogP contribution in [0.5, 0.6) is 0 Å². The highest BCUT2D eigenvalue weighted by atomic mass is 31.2. The highest BCUT2D eigenvalue weighted by molar-refractivity contribution is 7.78. The van der Waals surface area contributed by atoms with E-state index in [4.69, 9.17) is 9.47 Å². The molecule has 38 heavy (non-hydrogen) atoms. The van der Waals surface area contributed by atoms with Crippen LogP contribution in [0.1, 0.15) is 39.4 Å². The molecule has 0 saturated carbocycles. The van der Waals surface area contributed by atoms with Crippen LogP contribution >= 0.6 is 15.1 Å². The molecule has 0 N–H and O–H groups in total. The van der Waals surface area contributed by atoms with Crippen LogP contribution in [0.2, 0.25) is 0 Å². The van der Waals surface area contributed by atoms with Gasteiger partial charge in [-0.1, -0.05) is 129 Å². The van der Waals surface area contributed by atoms with Crippen molar-refractivity contribution in [1.29, 1.82) is 0 Å². The van der Waals surface area contributed by atoms with Crippen molar-refractivity contribution in [2.75, 3.05) is 6.16 Å². The average molecular weight is 543 g/mol. The summed E-state index contributed by atoms with van der Waals surface area (Å²) in [6.07, 6.45) is 0.00217. The summed E-state index contributed by atoms with van der Waals surface area (Å²) in [5.41, 5.74) is 1.12. The average Bonchev–Trinajstić information content (AvgIpc) is 3.29. The molecule has 1 aliphatic heterocycles. The van der Waals surface area contributed by atoms with E-state index in [-0.39, 0.29) is 17.9 Å². The number of ether oxygens (including phenoxy) is 2. The molecule has 4 aromatic carbocycles. The summed E-state index contributed by atoms with van der Waals surface area (Å²) >= 11 is 0. The third-order valence-electron chi connectivity index (χ3n) is 7.33. The lowest BCUT2D eigenvalue weighted by Gasteiger charge is -2.33. The molecule has 5 heteroatoms. The quantitative estimate of drug-likeness (QED) is 0.232. The maximum absolute atomic E-state index is 14.7. The minimum Gasteiger partial charge on any atom is -0.344 e. The maximum Gasteiger partial charge on any atom is 0.164 e. The first kappa shape index (κ1) is 27.0. The lowest BCUT2D eigenvalue weighted by Crippen LogP contribution is -2.35. The minimum atomic E-state index is -2.86. The first-order valence-electron chi connectivity index (χ1n) is 13.3. The van der Waals surface area contributed by atoms with Crippen LogP contribution in [0.25, 0.3) is 0 Å². The Balaban J connectivity index is 1.61. The Bertz CT molecular complexity index is 1350. The standard InChI is InChI=1S/C33H36O3P2/c1-5-38(34,28-21-13-8-14-22-28)30-24-16-15-23-29(30)32-31(35-33(3,4)36-32)25(2)37(26-17-9-6-10-18-26)27-19-11-7-12-20-27/h6-25,31-32H,5H2,1-4H3. The molecule has 4 atom stereocenters. The van der Waals surface area contributed by atoms with Gasteiger partial charge in [0.15, 0.2) is 5.79 Å². The molecule has 1 saturated heterocycles. The summed E-state index contributed by atoms with van der Waals surface area (Å²) in [7, 11) is -3.60. The molecule has 3 nitrogen and oxygen atoms in total. The predicted molar refractivity (Wildman–Crippen MR) is 162 cm³/mol. The van der Waals surface area contributed by atoms with Gasteiger partial charge in [0, 0.05) is 22.4 Å². The van der Waals surface area contributed by atoms with Crippen LogP contribution in [0.4, 0.5) is 0 Å². The molecule has 0 radical (unpaired) electrons. The van der Waals surface area contributed by atoms with Crippen molar-refractivity contribution in [3.05, 3.63) is 121 Å². The smallest absolute Gasteiger partial charge is 0.164 e. The SMILES string of the molecule is CCP(=O)(c1ccccc1)c1ccccc1C1OC(C)(C)OC1C(C)P(c1ccccc1)c1ccccc1. The molecule has 1 fully saturated rings. The number of benzene rings is 4. The summed E-state index contributed by atoms with van der Waals surface area (Å²) in [4.78, 5) is 0. The molecule has 0 bridgehead atoms. The van der Waals surface area contributed by atoms with Crippen LogP contribution in [0, 0.1) is 0 Å². The second kappa shape index (κ2) is 11.3. The number of hydrogen-bond donors (Lipinski definition) is 0. The van der Waals surface area contributed by atoms with E-state index in [2.05, 4.69) is 73.7 Å². The van der Waals surface area contributed by atoms with Crippen molar-refractivity contribution in [2.24, 2.45) is 0 Å². The molecule has 0 spiro atoms. The van der Waals surface area contributed by atoms with Gasteiger partial charge in [0.25, 0.3) is 0 Å². The van der Waals surface area contributed by atoms with Gasteiger partial charge in [0.1, 0.15) is 13.2 Å². The lowest BCUT2D eigenvalue weighted by molar-refractivity contribution is -0.146.